The van der Waals surface area contributed by atoms with Crippen LogP contribution in [-0.2, 0) is 16.3 Å². The highest BCUT2D eigenvalue weighted by Crippen LogP contribution is 2.20. The average molecular weight is 277 g/mol. The van der Waals surface area contributed by atoms with Gasteiger partial charge in [0.05, 0.1) is 5.75 Å². The van der Waals surface area contributed by atoms with Crippen molar-refractivity contribution >= 4 is 21.4 Å². The fourth-order valence-electron chi connectivity index (χ4n) is 1.61. The third-order valence-electron chi connectivity index (χ3n) is 2.62. The van der Waals surface area contributed by atoms with Crippen molar-refractivity contribution in [2.75, 3.05) is 18.6 Å². The molecule has 17 heavy (non-hydrogen) atoms. The number of sulfone groups is 1. The quantitative estimate of drug-likeness (QED) is 0.864. The molecule has 0 fully saturated rings. The molecule has 1 N–H and O–H groups in total. The van der Waals surface area contributed by atoms with Crippen LogP contribution in [0.25, 0.3) is 0 Å². The molecule has 0 heterocycles. The highest BCUT2D eigenvalue weighted by atomic mass is 35.5. The number of benzene rings is 1. The summed E-state index contributed by atoms with van der Waals surface area (Å²) in [6, 6.07) is 7.41. The van der Waals surface area contributed by atoms with Crippen molar-refractivity contribution in [2.45, 2.75) is 12.8 Å². The largest absolute Gasteiger partial charge is 0.396 e. The van der Waals surface area contributed by atoms with Crippen molar-refractivity contribution in [1.29, 1.82) is 0 Å². The van der Waals surface area contributed by atoms with Crippen LogP contribution in [0.3, 0.4) is 0 Å². The minimum Gasteiger partial charge on any atom is -0.396 e. The molecule has 1 rings (SSSR count). The Balaban J connectivity index is 2.61. The van der Waals surface area contributed by atoms with E-state index in [4.69, 9.17) is 11.6 Å². The molecule has 0 saturated carbocycles. The SMILES string of the molecule is CS(=O)(=O)CCC(CO)Cc1ccccc1Cl. The van der Waals surface area contributed by atoms with Gasteiger partial charge in [0.15, 0.2) is 0 Å². The lowest BCUT2D eigenvalue weighted by Crippen LogP contribution is -2.15. The highest BCUT2D eigenvalue weighted by molar-refractivity contribution is 7.90. The van der Waals surface area contributed by atoms with Gasteiger partial charge in [-0.25, -0.2) is 8.42 Å². The molecule has 96 valence electrons. The summed E-state index contributed by atoms with van der Waals surface area (Å²) in [6.45, 7) is -0.0270. The Kier molecular flexibility index (Phi) is 5.43. The van der Waals surface area contributed by atoms with E-state index >= 15 is 0 Å². The van der Waals surface area contributed by atoms with E-state index in [-0.39, 0.29) is 18.3 Å². The van der Waals surface area contributed by atoms with Gasteiger partial charge in [0, 0.05) is 17.9 Å². The van der Waals surface area contributed by atoms with Crippen molar-refractivity contribution in [3.8, 4) is 0 Å². The molecule has 0 saturated heterocycles. The predicted octanol–water partition coefficient (Wildman–Crippen LogP) is 1.93. The van der Waals surface area contributed by atoms with Crippen LogP contribution in [0.5, 0.6) is 0 Å². The Morgan fingerprint density at radius 1 is 1.35 bits per heavy atom. The van der Waals surface area contributed by atoms with Crippen LogP contribution in [0.4, 0.5) is 0 Å². The van der Waals surface area contributed by atoms with E-state index in [1.807, 2.05) is 18.2 Å². The van der Waals surface area contributed by atoms with E-state index in [2.05, 4.69) is 0 Å². The Morgan fingerprint density at radius 2 is 2.00 bits per heavy atom. The van der Waals surface area contributed by atoms with Gasteiger partial charge in [0.25, 0.3) is 0 Å². The maximum Gasteiger partial charge on any atom is 0.147 e. The normalized spacial score (nSPS) is 13.6. The first-order valence-corrected chi connectivity index (χ1v) is 7.88. The molecule has 1 aromatic rings. The van der Waals surface area contributed by atoms with Gasteiger partial charge in [-0.3, -0.25) is 0 Å². The van der Waals surface area contributed by atoms with E-state index in [1.54, 1.807) is 6.07 Å². The Bertz CT molecular complexity index is 457. The molecule has 0 radical (unpaired) electrons. The topological polar surface area (TPSA) is 54.4 Å². The van der Waals surface area contributed by atoms with Crippen LogP contribution in [0.1, 0.15) is 12.0 Å². The van der Waals surface area contributed by atoms with Gasteiger partial charge in [-0.15, -0.1) is 0 Å². The smallest absolute Gasteiger partial charge is 0.147 e. The Morgan fingerprint density at radius 3 is 2.53 bits per heavy atom. The fourth-order valence-corrected chi connectivity index (χ4v) is 2.59. The summed E-state index contributed by atoms with van der Waals surface area (Å²) < 4.78 is 22.1. The van der Waals surface area contributed by atoms with Crippen molar-refractivity contribution in [3.63, 3.8) is 0 Å². The predicted molar refractivity (Wildman–Crippen MR) is 70.1 cm³/mol. The van der Waals surface area contributed by atoms with Crippen LogP contribution in [0.2, 0.25) is 5.02 Å². The summed E-state index contributed by atoms with van der Waals surface area (Å²) in [5.74, 6) is 0.0347. The van der Waals surface area contributed by atoms with E-state index in [0.29, 0.717) is 17.9 Å². The number of aliphatic hydroxyl groups is 1. The van der Waals surface area contributed by atoms with Gasteiger partial charge in [-0.1, -0.05) is 29.8 Å². The zero-order valence-electron chi connectivity index (χ0n) is 9.77. The maximum absolute atomic E-state index is 11.1. The molecule has 0 bridgehead atoms. The molecule has 0 aliphatic heterocycles. The zero-order valence-corrected chi connectivity index (χ0v) is 11.3. The summed E-state index contributed by atoms with van der Waals surface area (Å²) in [7, 11) is -2.98. The summed E-state index contributed by atoms with van der Waals surface area (Å²) in [5.41, 5.74) is 0.946. The molecule has 0 aromatic heterocycles. The molecule has 1 aromatic carbocycles. The van der Waals surface area contributed by atoms with Gasteiger partial charge in [-0.05, 0) is 30.4 Å². The summed E-state index contributed by atoms with van der Waals surface area (Å²) >= 11 is 6.02. The summed E-state index contributed by atoms with van der Waals surface area (Å²) in [4.78, 5) is 0. The van der Waals surface area contributed by atoms with Gasteiger partial charge in [0.1, 0.15) is 9.84 Å². The molecule has 1 atom stereocenters. The molecule has 0 spiro atoms. The molecule has 0 aliphatic rings. The Labute approximate surface area is 107 Å². The van der Waals surface area contributed by atoms with Crippen LogP contribution < -0.4 is 0 Å². The summed E-state index contributed by atoms with van der Waals surface area (Å²) in [5, 5.41) is 9.89. The Hall–Kier alpha value is -0.580. The first kappa shape index (κ1) is 14.5. The monoisotopic (exact) mass is 276 g/mol. The molecule has 1 unspecified atom stereocenters. The van der Waals surface area contributed by atoms with Crippen molar-refractivity contribution in [2.24, 2.45) is 5.92 Å². The molecule has 5 heteroatoms. The second-order valence-electron chi connectivity index (χ2n) is 4.26. The van der Waals surface area contributed by atoms with E-state index in [9.17, 15) is 13.5 Å². The maximum atomic E-state index is 11.1. The lowest BCUT2D eigenvalue weighted by atomic mass is 9.98. The van der Waals surface area contributed by atoms with Crippen molar-refractivity contribution in [3.05, 3.63) is 34.9 Å². The van der Waals surface area contributed by atoms with Crippen molar-refractivity contribution in [1.82, 2.24) is 0 Å². The van der Waals surface area contributed by atoms with E-state index < -0.39 is 9.84 Å². The van der Waals surface area contributed by atoms with Gasteiger partial charge in [-0.2, -0.15) is 0 Å². The van der Waals surface area contributed by atoms with Gasteiger partial charge >= 0.3 is 0 Å². The van der Waals surface area contributed by atoms with Crippen LogP contribution in [-0.4, -0.2) is 32.1 Å². The molecular weight excluding hydrogens is 260 g/mol. The minimum absolute atomic E-state index is 0.0270. The van der Waals surface area contributed by atoms with Crippen LogP contribution in [0.15, 0.2) is 24.3 Å². The number of halogens is 1. The van der Waals surface area contributed by atoms with Crippen molar-refractivity contribution < 1.29 is 13.5 Å². The molecular formula is C12H17ClO3S. The number of hydrogen-bond donors (Lipinski definition) is 1. The second-order valence-corrected chi connectivity index (χ2v) is 6.93. The third kappa shape index (κ3) is 5.52. The molecule has 0 aliphatic carbocycles. The van der Waals surface area contributed by atoms with E-state index in [0.717, 1.165) is 5.56 Å². The van der Waals surface area contributed by atoms with Crippen LogP contribution >= 0.6 is 11.6 Å². The first-order valence-electron chi connectivity index (χ1n) is 5.44. The number of aliphatic hydroxyl groups excluding tert-OH is 1. The minimum atomic E-state index is -2.98. The lowest BCUT2D eigenvalue weighted by Gasteiger charge is -2.14. The first-order chi connectivity index (χ1) is 7.92. The molecule has 3 nitrogen and oxygen atoms in total. The summed E-state index contributed by atoms with van der Waals surface area (Å²) in [6.07, 6.45) is 2.27. The van der Waals surface area contributed by atoms with E-state index in [1.165, 1.54) is 6.26 Å². The van der Waals surface area contributed by atoms with Gasteiger partial charge in [0.2, 0.25) is 0 Å². The lowest BCUT2D eigenvalue weighted by molar-refractivity contribution is 0.222. The second kappa shape index (κ2) is 6.38. The number of rotatable bonds is 6. The third-order valence-corrected chi connectivity index (χ3v) is 3.97. The standard InChI is InChI=1S/C12H17ClO3S/c1-17(15,16)7-6-10(9-14)8-11-4-2-3-5-12(11)13/h2-5,10,14H,6-9H2,1H3. The van der Waals surface area contributed by atoms with Gasteiger partial charge < -0.3 is 5.11 Å². The average Bonchev–Trinajstić information content (AvgIpc) is 2.25. The van der Waals surface area contributed by atoms with Crippen LogP contribution in [0, 0.1) is 5.92 Å². The number of hydrogen-bond acceptors (Lipinski definition) is 3. The highest BCUT2D eigenvalue weighted by Gasteiger charge is 2.13. The fraction of sp³-hybridized carbons (Fsp3) is 0.500. The molecule has 0 amide bonds. The zero-order chi connectivity index (χ0) is 12.9.